The Morgan fingerprint density at radius 1 is 1.12 bits per heavy atom. The van der Waals surface area contributed by atoms with Gasteiger partial charge in [-0.1, -0.05) is 62.7 Å². The van der Waals surface area contributed by atoms with Crippen LogP contribution in [0.15, 0.2) is 42.5 Å². The SMILES string of the molecule is Cc1ccc(C(=O)c2ccc(C(C)(C)C)c(OCC3CO3)c2)cc1. The summed E-state index contributed by atoms with van der Waals surface area (Å²) in [6, 6.07) is 13.4. The Kier molecular flexibility index (Phi) is 4.46. The summed E-state index contributed by atoms with van der Waals surface area (Å²) in [6.07, 6.45) is 0.189. The molecule has 1 fully saturated rings. The first-order chi connectivity index (χ1) is 11.3. The number of ketones is 1. The number of carbonyl (C=O) groups is 1. The molecule has 1 atom stereocenters. The zero-order chi connectivity index (χ0) is 17.3. The fourth-order valence-corrected chi connectivity index (χ4v) is 2.62. The largest absolute Gasteiger partial charge is 0.490 e. The average Bonchev–Trinajstić information content (AvgIpc) is 3.36. The highest BCUT2D eigenvalue weighted by molar-refractivity contribution is 6.09. The zero-order valence-electron chi connectivity index (χ0n) is 14.8. The van der Waals surface area contributed by atoms with Gasteiger partial charge in [-0.05, 0) is 24.0 Å². The third-order valence-corrected chi connectivity index (χ3v) is 4.19. The van der Waals surface area contributed by atoms with Gasteiger partial charge in [0.25, 0.3) is 0 Å². The molecule has 0 bridgehead atoms. The van der Waals surface area contributed by atoms with Crippen molar-refractivity contribution in [1.29, 1.82) is 0 Å². The van der Waals surface area contributed by atoms with Crippen molar-refractivity contribution >= 4 is 5.78 Å². The topological polar surface area (TPSA) is 38.8 Å². The van der Waals surface area contributed by atoms with Gasteiger partial charge in [-0.15, -0.1) is 0 Å². The lowest BCUT2D eigenvalue weighted by atomic mass is 9.85. The second-order valence-electron chi connectivity index (χ2n) is 7.42. The molecule has 0 N–H and O–H groups in total. The Hall–Kier alpha value is -2.13. The summed E-state index contributed by atoms with van der Waals surface area (Å²) in [5.41, 5.74) is 3.54. The van der Waals surface area contributed by atoms with E-state index in [1.54, 1.807) is 0 Å². The van der Waals surface area contributed by atoms with E-state index in [1.165, 1.54) is 0 Å². The molecule has 1 aliphatic heterocycles. The Labute approximate surface area is 143 Å². The van der Waals surface area contributed by atoms with Crippen molar-refractivity contribution in [2.45, 2.75) is 39.2 Å². The standard InChI is InChI=1S/C21H24O3/c1-14-5-7-15(8-6-14)20(22)16-9-10-18(21(2,3)4)19(11-16)24-13-17-12-23-17/h5-11,17H,12-13H2,1-4H3. The number of hydrogen-bond acceptors (Lipinski definition) is 3. The summed E-state index contributed by atoms with van der Waals surface area (Å²) in [4.78, 5) is 12.7. The number of hydrogen-bond donors (Lipinski definition) is 0. The van der Waals surface area contributed by atoms with Gasteiger partial charge in [0.05, 0.1) is 6.61 Å². The molecule has 2 aromatic rings. The third-order valence-electron chi connectivity index (χ3n) is 4.19. The lowest BCUT2D eigenvalue weighted by Crippen LogP contribution is -2.16. The van der Waals surface area contributed by atoms with Crippen LogP contribution in [-0.2, 0) is 10.2 Å². The molecule has 1 heterocycles. The van der Waals surface area contributed by atoms with E-state index in [2.05, 4.69) is 20.8 Å². The minimum atomic E-state index is -0.0504. The van der Waals surface area contributed by atoms with Gasteiger partial charge in [0, 0.05) is 11.1 Å². The van der Waals surface area contributed by atoms with Gasteiger partial charge in [-0.2, -0.15) is 0 Å². The summed E-state index contributed by atoms with van der Waals surface area (Å²) in [5, 5.41) is 0. The van der Waals surface area contributed by atoms with E-state index < -0.39 is 0 Å². The Bertz CT molecular complexity index is 735. The number of epoxide rings is 1. The minimum Gasteiger partial charge on any atom is -0.490 e. The van der Waals surface area contributed by atoms with Gasteiger partial charge in [0.1, 0.15) is 18.5 Å². The normalized spacial score (nSPS) is 16.8. The molecule has 126 valence electrons. The monoisotopic (exact) mass is 324 g/mol. The van der Waals surface area contributed by atoms with Crippen LogP contribution >= 0.6 is 0 Å². The Balaban J connectivity index is 1.91. The highest BCUT2D eigenvalue weighted by Crippen LogP contribution is 2.33. The van der Waals surface area contributed by atoms with Crippen molar-refractivity contribution in [2.75, 3.05) is 13.2 Å². The van der Waals surface area contributed by atoms with Crippen molar-refractivity contribution in [3.63, 3.8) is 0 Å². The molecule has 2 aromatic carbocycles. The number of carbonyl (C=O) groups excluding carboxylic acids is 1. The molecular weight excluding hydrogens is 300 g/mol. The molecule has 1 unspecified atom stereocenters. The predicted octanol–water partition coefficient (Wildman–Crippen LogP) is 4.30. The number of benzene rings is 2. The molecule has 3 nitrogen and oxygen atoms in total. The van der Waals surface area contributed by atoms with Gasteiger partial charge in [0.15, 0.2) is 5.78 Å². The molecule has 0 amide bonds. The smallest absolute Gasteiger partial charge is 0.193 e. The molecule has 1 saturated heterocycles. The zero-order valence-corrected chi connectivity index (χ0v) is 14.8. The van der Waals surface area contributed by atoms with Crippen molar-refractivity contribution in [3.05, 3.63) is 64.7 Å². The van der Waals surface area contributed by atoms with Crippen molar-refractivity contribution in [2.24, 2.45) is 0 Å². The molecule has 0 saturated carbocycles. The van der Waals surface area contributed by atoms with E-state index in [4.69, 9.17) is 9.47 Å². The first-order valence-corrected chi connectivity index (χ1v) is 8.35. The molecule has 3 heteroatoms. The molecule has 3 rings (SSSR count). The van der Waals surface area contributed by atoms with Gasteiger partial charge in [-0.25, -0.2) is 0 Å². The van der Waals surface area contributed by atoms with Gasteiger partial charge in [0.2, 0.25) is 0 Å². The Morgan fingerprint density at radius 2 is 1.75 bits per heavy atom. The van der Waals surface area contributed by atoms with E-state index in [0.29, 0.717) is 17.7 Å². The number of ether oxygens (including phenoxy) is 2. The second-order valence-corrected chi connectivity index (χ2v) is 7.42. The van der Waals surface area contributed by atoms with Crippen LogP contribution in [0.4, 0.5) is 0 Å². The first-order valence-electron chi connectivity index (χ1n) is 8.35. The first kappa shape index (κ1) is 16.7. The lowest BCUT2D eigenvalue weighted by Gasteiger charge is -2.23. The van der Waals surface area contributed by atoms with Crippen LogP contribution in [-0.4, -0.2) is 25.1 Å². The van der Waals surface area contributed by atoms with Crippen LogP contribution in [0.1, 0.15) is 47.8 Å². The van der Waals surface area contributed by atoms with E-state index >= 15 is 0 Å². The van der Waals surface area contributed by atoms with Gasteiger partial charge in [-0.3, -0.25) is 4.79 Å². The lowest BCUT2D eigenvalue weighted by molar-refractivity contribution is 0.103. The van der Waals surface area contributed by atoms with Crippen LogP contribution in [0.5, 0.6) is 5.75 Å². The number of rotatable bonds is 5. The number of aryl methyl sites for hydroxylation is 1. The maximum atomic E-state index is 12.7. The summed E-state index contributed by atoms with van der Waals surface area (Å²) >= 11 is 0. The van der Waals surface area contributed by atoms with E-state index in [9.17, 15) is 4.79 Å². The van der Waals surface area contributed by atoms with Crippen molar-refractivity contribution < 1.29 is 14.3 Å². The maximum absolute atomic E-state index is 12.7. The molecular formula is C21H24O3. The van der Waals surface area contributed by atoms with Crippen molar-refractivity contribution in [1.82, 2.24) is 0 Å². The highest BCUT2D eigenvalue weighted by atomic mass is 16.6. The van der Waals surface area contributed by atoms with Crippen LogP contribution in [0.25, 0.3) is 0 Å². The fourth-order valence-electron chi connectivity index (χ4n) is 2.62. The van der Waals surface area contributed by atoms with Crippen molar-refractivity contribution in [3.8, 4) is 5.75 Å². The van der Waals surface area contributed by atoms with Crippen LogP contribution in [0.3, 0.4) is 0 Å². The summed E-state index contributed by atoms with van der Waals surface area (Å²) < 4.78 is 11.2. The molecule has 0 aromatic heterocycles. The van der Waals surface area contributed by atoms with Crippen LogP contribution < -0.4 is 4.74 Å². The maximum Gasteiger partial charge on any atom is 0.193 e. The van der Waals surface area contributed by atoms with Gasteiger partial charge < -0.3 is 9.47 Å². The molecule has 1 aliphatic rings. The fraction of sp³-hybridized carbons (Fsp3) is 0.381. The third kappa shape index (κ3) is 3.85. The highest BCUT2D eigenvalue weighted by Gasteiger charge is 2.26. The van der Waals surface area contributed by atoms with Crippen LogP contribution in [0.2, 0.25) is 0 Å². The van der Waals surface area contributed by atoms with E-state index in [0.717, 1.165) is 23.5 Å². The second kappa shape index (κ2) is 6.40. The molecule has 0 aliphatic carbocycles. The summed E-state index contributed by atoms with van der Waals surface area (Å²) in [7, 11) is 0. The minimum absolute atomic E-state index is 0.0166. The van der Waals surface area contributed by atoms with E-state index in [-0.39, 0.29) is 17.3 Å². The quantitative estimate of drug-likeness (QED) is 0.608. The predicted molar refractivity (Wildman–Crippen MR) is 95.0 cm³/mol. The van der Waals surface area contributed by atoms with Gasteiger partial charge >= 0.3 is 0 Å². The summed E-state index contributed by atoms with van der Waals surface area (Å²) in [6.45, 7) is 9.73. The molecule has 0 spiro atoms. The summed E-state index contributed by atoms with van der Waals surface area (Å²) in [5.74, 6) is 0.791. The Morgan fingerprint density at radius 3 is 2.33 bits per heavy atom. The average molecular weight is 324 g/mol. The molecule has 24 heavy (non-hydrogen) atoms. The van der Waals surface area contributed by atoms with Crippen LogP contribution in [0, 0.1) is 6.92 Å². The molecule has 0 radical (unpaired) electrons. The van der Waals surface area contributed by atoms with E-state index in [1.807, 2.05) is 49.4 Å².